The Morgan fingerprint density at radius 1 is 1.04 bits per heavy atom. The Morgan fingerprint density at radius 2 is 1.73 bits per heavy atom. The number of rotatable bonds is 6. The molecule has 0 unspecified atom stereocenters. The number of carbonyl (C=O) groups is 1. The number of guanidine groups is 1. The second-order valence-electron chi connectivity index (χ2n) is 5.94. The van der Waals surface area contributed by atoms with Gasteiger partial charge < -0.3 is 15.5 Å². The van der Waals surface area contributed by atoms with Crippen molar-refractivity contribution in [2.24, 2.45) is 4.99 Å². The summed E-state index contributed by atoms with van der Waals surface area (Å²) in [7, 11) is 3.75. The maximum atomic E-state index is 12.1. The van der Waals surface area contributed by atoms with E-state index in [0.29, 0.717) is 18.7 Å². The number of amides is 1. The standard InChI is InChI=1S/C20H26N4O.HI/c1-16-8-7-11-18(14-16)19(25)22-12-13-23-20(21-2)24(3)15-17-9-5-4-6-10-17;/h4-11,14H,12-13,15H2,1-3H3,(H,21,23)(H,22,25);1H. The minimum Gasteiger partial charge on any atom is -0.354 e. The Morgan fingerprint density at radius 3 is 2.38 bits per heavy atom. The molecule has 0 aliphatic rings. The molecule has 0 atom stereocenters. The van der Waals surface area contributed by atoms with Crippen LogP contribution >= 0.6 is 24.0 Å². The normalized spacial score (nSPS) is 10.7. The fraction of sp³-hybridized carbons (Fsp3) is 0.300. The predicted octanol–water partition coefficient (Wildman–Crippen LogP) is 3.05. The third kappa shape index (κ3) is 7.03. The van der Waals surface area contributed by atoms with Crippen LogP contribution in [-0.4, -0.2) is 44.0 Å². The van der Waals surface area contributed by atoms with Crippen molar-refractivity contribution >= 4 is 35.8 Å². The largest absolute Gasteiger partial charge is 0.354 e. The first-order valence-corrected chi connectivity index (χ1v) is 8.40. The zero-order valence-electron chi connectivity index (χ0n) is 15.5. The fourth-order valence-electron chi connectivity index (χ4n) is 2.56. The summed E-state index contributed by atoms with van der Waals surface area (Å²) in [6.45, 7) is 3.90. The Bertz CT molecular complexity index is 719. The van der Waals surface area contributed by atoms with Crippen LogP contribution in [0.1, 0.15) is 21.5 Å². The van der Waals surface area contributed by atoms with Gasteiger partial charge in [0.05, 0.1) is 0 Å². The molecule has 0 heterocycles. The van der Waals surface area contributed by atoms with Gasteiger partial charge in [0.2, 0.25) is 0 Å². The predicted molar refractivity (Wildman–Crippen MR) is 118 cm³/mol. The Kier molecular flexibility index (Phi) is 9.72. The van der Waals surface area contributed by atoms with Crippen LogP contribution in [0, 0.1) is 6.92 Å². The van der Waals surface area contributed by atoms with E-state index in [0.717, 1.165) is 18.1 Å². The monoisotopic (exact) mass is 466 g/mol. The topological polar surface area (TPSA) is 56.7 Å². The van der Waals surface area contributed by atoms with E-state index in [9.17, 15) is 4.79 Å². The Labute approximate surface area is 172 Å². The molecule has 0 spiro atoms. The van der Waals surface area contributed by atoms with Crippen molar-refractivity contribution in [1.82, 2.24) is 15.5 Å². The molecule has 0 bridgehead atoms. The molecule has 0 saturated heterocycles. The molecular weight excluding hydrogens is 439 g/mol. The number of nitrogens with one attached hydrogen (secondary N) is 2. The van der Waals surface area contributed by atoms with Gasteiger partial charge in [0.15, 0.2) is 5.96 Å². The highest BCUT2D eigenvalue weighted by atomic mass is 127. The molecular formula is C20H27IN4O. The Hall–Kier alpha value is -2.09. The van der Waals surface area contributed by atoms with Gasteiger partial charge in [0.1, 0.15) is 0 Å². The number of benzene rings is 2. The lowest BCUT2D eigenvalue weighted by Crippen LogP contribution is -2.42. The first kappa shape index (κ1) is 22.0. The number of carbonyl (C=O) groups excluding carboxylic acids is 1. The van der Waals surface area contributed by atoms with Crippen LogP contribution in [0.4, 0.5) is 0 Å². The van der Waals surface area contributed by atoms with Gasteiger partial charge in [0, 0.05) is 39.3 Å². The first-order chi connectivity index (χ1) is 12.1. The second-order valence-corrected chi connectivity index (χ2v) is 5.94. The van der Waals surface area contributed by atoms with E-state index in [2.05, 4.69) is 32.7 Å². The van der Waals surface area contributed by atoms with Crippen LogP contribution in [0.15, 0.2) is 59.6 Å². The third-order valence-corrected chi connectivity index (χ3v) is 3.81. The molecule has 0 saturated carbocycles. The third-order valence-electron chi connectivity index (χ3n) is 3.81. The van der Waals surface area contributed by atoms with Crippen molar-refractivity contribution in [2.45, 2.75) is 13.5 Å². The van der Waals surface area contributed by atoms with Crippen LogP contribution in [0.5, 0.6) is 0 Å². The minimum absolute atomic E-state index is 0. The smallest absolute Gasteiger partial charge is 0.251 e. The summed E-state index contributed by atoms with van der Waals surface area (Å²) < 4.78 is 0. The molecule has 1 amide bonds. The van der Waals surface area contributed by atoms with Crippen LogP contribution in [0.3, 0.4) is 0 Å². The van der Waals surface area contributed by atoms with Crippen molar-refractivity contribution in [3.8, 4) is 0 Å². The summed E-state index contributed by atoms with van der Waals surface area (Å²) >= 11 is 0. The van der Waals surface area contributed by atoms with Gasteiger partial charge in [-0.25, -0.2) is 0 Å². The molecule has 26 heavy (non-hydrogen) atoms. The highest BCUT2D eigenvalue weighted by molar-refractivity contribution is 14.0. The summed E-state index contributed by atoms with van der Waals surface area (Å²) in [6.07, 6.45) is 0. The highest BCUT2D eigenvalue weighted by Gasteiger charge is 2.07. The van der Waals surface area contributed by atoms with Crippen molar-refractivity contribution in [1.29, 1.82) is 0 Å². The maximum absolute atomic E-state index is 12.1. The quantitative estimate of drug-likeness (QED) is 0.298. The van der Waals surface area contributed by atoms with Crippen LogP contribution < -0.4 is 10.6 Å². The van der Waals surface area contributed by atoms with E-state index in [4.69, 9.17) is 0 Å². The molecule has 140 valence electrons. The number of hydrogen-bond acceptors (Lipinski definition) is 2. The molecule has 2 rings (SSSR count). The van der Waals surface area contributed by atoms with E-state index in [-0.39, 0.29) is 29.9 Å². The van der Waals surface area contributed by atoms with Gasteiger partial charge in [-0.15, -0.1) is 24.0 Å². The fourth-order valence-corrected chi connectivity index (χ4v) is 2.56. The van der Waals surface area contributed by atoms with Crippen molar-refractivity contribution in [2.75, 3.05) is 27.2 Å². The molecule has 2 aromatic rings. The van der Waals surface area contributed by atoms with E-state index in [1.807, 2.05) is 56.4 Å². The molecule has 0 aromatic heterocycles. The number of aryl methyl sites for hydroxylation is 1. The highest BCUT2D eigenvalue weighted by Crippen LogP contribution is 2.04. The van der Waals surface area contributed by atoms with Gasteiger partial charge in [-0.05, 0) is 24.6 Å². The van der Waals surface area contributed by atoms with Crippen LogP contribution in [-0.2, 0) is 6.54 Å². The summed E-state index contributed by atoms with van der Waals surface area (Å²) in [5.74, 6) is 0.742. The van der Waals surface area contributed by atoms with E-state index >= 15 is 0 Å². The van der Waals surface area contributed by atoms with Gasteiger partial charge in [-0.2, -0.15) is 0 Å². The van der Waals surface area contributed by atoms with E-state index in [1.54, 1.807) is 7.05 Å². The Balaban J connectivity index is 0.00000338. The number of hydrogen-bond donors (Lipinski definition) is 2. The molecule has 0 radical (unpaired) electrons. The van der Waals surface area contributed by atoms with Gasteiger partial charge in [0.25, 0.3) is 5.91 Å². The summed E-state index contributed by atoms with van der Waals surface area (Å²) in [5.41, 5.74) is 2.99. The van der Waals surface area contributed by atoms with Crippen LogP contribution in [0.25, 0.3) is 0 Å². The average molecular weight is 466 g/mol. The summed E-state index contributed by atoms with van der Waals surface area (Å²) in [5, 5.41) is 6.19. The molecule has 6 heteroatoms. The zero-order valence-corrected chi connectivity index (χ0v) is 17.9. The average Bonchev–Trinajstić information content (AvgIpc) is 2.62. The molecule has 5 nitrogen and oxygen atoms in total. The number of halogens is 1. The van der Waals surface area contributed by atoms with Gasteiger partial charge in [-0.1, -0.05) is 48.0 Å². The maximum Gasteiger partial charge on any atom is 0.251 e. The molecule has 2 aromatic carbocycles. The lowest BCUT2D eigenvalue weighted by atomic mass is 10.1. The second kappa shape index (κ2) is 11.5. The minimum atomic E-state index is -0.0573. The number of aliphatic imine (C=N–C) groups is 1. The van der Waals surface area contributed by atoms with Crippen molar-refractivity contribution in [3.63, 3.8) is 0 Å². The zero-order chi connectivity index (χ0) is 18.1. The lowest BCUT2D eigenvalue weighted by molar-refractivity contribution is 0.0954. The van der Waals surface area contributed by atoms with E-state index < -0.39 is 0 Å². The lowest BCUT2D eigenvalue weighted by Gasteiger charge is -2.22. The number of nitrogens with zero attached hydrogens (tertiary/aromatic N) is 2. The molecule has 0 aliphatic carbocycles. The van der Waals surface area contributed by atoms with Crippen molar-refractivity contribution < 1.29 is 4.79 Å². The van der Waals surface area contributed by atoms with E-state index in [1.165, 1.54) is 5.56 Å². The summed E-state index contributed by atoms with van der Waals surface area (Å²) in [4.78, 5) is 18.4. The molecule has 2 N–H and O–H groups in total. The van der Waals surface area contributed by atoms with Gasteiger partial charge >= 0.3 is 0 Å². The molecule has 0 fully saturated rings. The molecule has 0 aliphatic heterocycles. The first-order valence-electron chi connectivity index (χ1n) is 8.40. The van der Waals surface area contributed by atoms with Crippen molar-refractivity contribution in [3.05, 3.63) is 71.3 Å². The SMILES string of the molecule is CN=C(NCCNC(=O)c1cccc(C)c1)N(C)Cc1ccccc1.I. The summed E-state index contributed by atoms with van der Waals surface area (Å²) in [6, 6.07) is 17.8. The van der Waals surface area contributed by atoms with Crippen LogP contribution in [0.2, 0.25) is 0 Å². The van der Waals surface area contributed by atoms with Gasteiger partial charge in [-0.3, -0.25) is 9.79 Å².